The lowest BCUT2D eigenvalue weighted by atomic mass is 10.1. The molecule has 1 N–H and O–H groups in total. The molecule has 1 saturated heterocycles. The number of hydrogen-bond acceptors (Lipinski definition) is 7. The van der Waals surface area contributed by atoms with Crippen LogP contribution in [0.2, 0.25) is 5.02 Å². The highest BCUT2D eigenvalue weighted by molar-refractivity contribution is 7.91. The third-order valence-electron chi connectivity index (χ3n) is 4.50. The van der Waals surface area contributed by atoms with Gasteiger partial charge in [0.1, 0.15) is 0 Å². The Kier molecular flexibility index (Phi) is 5.34. The summed E-state index contributed by atoms with van der Waals surface area (Å²) in [6, 6.07) is 3.81. The van der Waals surface area contributed by atoms with Gasteiger partial charge >= 0.3 is 0 Å². The number of hydrogen-bond donors (Lipinski definition) is 1. The number of aromatic nitrogens is 3. The number of halogens is 1. The van der Waals surface area contributed by atoms with E-state index in [2.05, 4.69) is 20.5 Å². The fraction of sp³-hybridized carbons (Fsp3) is 0.471. The first-order chi connectivity index (χ1) is 12.3. The molecule has 0 spiro atoms. The van der Waals surface area contributed by atoms with Gasteiger partial charge < -0.3 is 10.2 Å². The van der Waals surface area contributed by atoms with Gasteiger partial charge in [-0.2, -0.15) is 10.1 Å². The number of nitrogens with zero attached hydrogens (tertiary/aromatic N) is 4. The summed E-state index contributed by atoms with van der Waals surface area (Å²) in [5.41, 5.74) is 2.80. The van der Waals surface area contributed by atoms with E-state index in [4.69, 9.17) is 11.6 Å². The van der Waals surface area contributed by atoms with Crippen molar-refractivity contribution < 1.29 is 8.42 Å². The molecule has 1 aliphatic rings. The maximum Gasteiger partial charge on any atom is 0.249 e. The fourth-order valence-corrected chi connectivity index (χ4v) is 5.40. The van der Waals surface area contributed by atoms with Crippen molar-refractivity contribution >= 4 is 38.9 Å². The van der Waals surface area contributed by atoms with Crippen molar-refractivity contribution in [3.63, 3.8) is 0 Å². The van der Waals surface area contributed by atoms with Gasteiger partial charge in [0, 0.05) is 12.6 Å². The minimum Gasteiger partial charge on any atom is -0.351 e. The highest BCUT2D eigenvalue weighted by Crippen LogP contribution is 2.30. The van der Waals surface area contributed by atoms with E-state index in [1.54, 1.807) is 6.20 Å². The lowest BCUT2D eigenvalue weighted by Crippen LogP contribution is -2.37. The van der Waals surface area contributed by atoms with E-state index in [-0.39, 0.29) is 17.5 Å². The Morgan fingerprint density at radius 1 is 1.35 bits per heavy atom. The van der Waals surface area contributed by atoms with Gasteiger partial charge in [0.2, 0.25) is 5.95 Å². The Hall–Kier alpha value is -1.93. The zero-order chi connectivity index (χ0) is 18.9. The van der Waals surface area contributed by atoms with Crippen molar-refractivity contribution in [1.29, 1.82) is 0 Å². The van der Waals surface area contributed by atoms with Gasteiger partial charge in [-0.3, -0.25) is 0 Å². The molecule has 7 nitrogen and oxygen atoms in total. The van der Waals surface area contributed by atoms with E-state index in [1.807, 2.05) is 37.8 Å². The van der Waals surface area contributed by atoms with Crippen LogP contribution in [0.4, 0.5) is 17.5 Å². The second-order valence-electron chi connectivity index (χ2n) is 6.54. The Labute approximate surface area is 158 Å². The first-order valence-corrected chi connectivity index (χ1v) is 10.7. The minimum absolute atomic E-state index is 0.0840. The number of rotatable bonds is 5. The molecule has 140 valence electrons. The summed E-state index contributed by atoms with van der Waals surface area (Å²) in [4.78, 5) is 6.49. The van der Waals surface area contributed by atoms with Gasteiger partial charge in [0.05, 0.1) is 28.4 Å². The van der Waals surface area contributed by atoms with Crippen LogP contribution < -0.4 is 10.2 Å². The normalized spacial score (nSPS) is 18.7. The molecule has 1 aliphatic heterocycles. The van der Waals surface area contributed by atoms with Crippen LogP contribution in [0, 0.1) is 13.8 Å². The largest absolute Gasteiger partial charge is 0.351 e. The van der Waals surface area contributed by atoms with Crippen molar-refractivity contribution in [3.8, 4) is 0 Å². The van der Waals surface area contributed by atoms with Crippen LogP contribution in [0.1, 0.15) is 24.5 Å². The van der Waals surface area contributed by atoms with Crippen molar-refractivity contribution in [1.82, 2.24) is 15.2 Å². The first-order valence-electron chi connectivity index (χ1n) is 8.49. The summed E-state index contributed by atoms with van der Waals surface area (Å²) in [7, 11) is -2.97. The molecule has 2 aromatic rings. The fourth-order valence-electron chi connectivity index (χ4n) is 3.30. The average Bonchev–Trinajstić information content (AvgIpc) is 2.92. The lowest BCUT2D eigenvalue weighted by Gasteiger charge is -2.27. The van der Waals surface area contributed by atoms with Gasteiger partial charge in [0.25, 0.3) is 0 Å². The molecule has 1 fully saturated rings. The van der Waals surface area contributed by atoms with E-state index in [9.17, 15) is 8.42 Å². The Balaban J connectivity index is 1.86. The van der Waals surface area contributed by atoms with Crippen LogP contribution >= 0.6 is 11.6 Å². The van der Waals surface area contributed by atoms with E-state index in [1.165, 1.54) is 0 Å². The average molecular weight is 396 g/mol. The predicted molar refractivity (Wildman–Crippen MR) is 104 cm³/mol. The summed E-state index contributed by atoms with van der Waals surface area (Å²) in [5, 5.41) is 11.8. The number of aryl methyl sites for hydroxylation is 2. The van der Waals surface area contributed by atoms with Crippen LogP contribution in [0.5, 0.6) is 0 Å². The molecule has 1 unspecified atom stereocenters. The predicted octanol–water partition coefficient (Wildman–Crippen LogP) is 2.90. The standard InChI is InChI=1S/C17H22ClN5O2S/c1-4-23(13-5-6-26(24,25)10-13)15-9-19-22-17(20-15)21-16-12(3)7-11(2)8-14(16)18/h7-9,13H,4-6,10H2,1-3H3,(H,20,21,22). The molecule has 1 atom stereocenters. The van der Waals surface area contributed by atoms with Crippen LogP contribution in [0.25, 0.3) is 0 Å². The number of anilines is 3. The lowest BCUT2D eigenvalue weighted by molar-refractivity contribution is 0.599. The van der Waals surface area contributed by atoms with Crippen LogP contribution in [0.3, 0.4) is 0 Å². The van der Waals surface area contributed by atoms with Crippen molar-refractivity contribution in [2.75, 3.05) is 28.3 Å². The molecular formula is C17H22ClN5O2S. The third-order valence-corrected chi connectivity index (χ3v) is 6.55. The zero-order valence-electron chi connectivity index (χ0n) is 15.0. The molecule has 9 heteroatoms. The van der Waals surface area contributed by atoms with Crippen LogP contribution in [0.15, 0.2) is 18.3 Å². The molecule has 0 amide bonds. The van der Waals surface area contributed by atoms with Gasteiger partial charge in [-0.15, -0.1) is 5.10 Å². The maximum atomic E-state index is 11.8. The monoisotopic (exact) mass is 395 g/mol. The van der Waals surface area contributed by atoms with E-state index in [0.717, 1.165) is 16.8 Å². The summed E-state index contributed by atoms with van der Waals surface area (Å²) >= 11 is 6.33. The SMILES string of the molecule is CCN(c1cnnc(Nc2c(C)cc(C)cc2Cl)n1)C1CCS(=O)(=O)C1. The van der Waals surface area contributed by atoms with E-state index >= 15 is 0 Å². The topological polar surface area (TPSA) is 88.1 Å². The highest BCUT2D eigenvalue weighted by Gasteiger charge is 2.32. The second-order valence-corrected chi connectivity index (χ2v) is 9.18. The van der Waals surface area contributed by atoms with Gasteiger partial charge in [0.15, 0.2) is 15.7 Å². The molecule has 3 rings (SSSR count). The summed E-state index contributed by atoms with van der Waals surface area (Å²) < 4.78 is 23.6. The van der Waals surface area contributed by atoms with Crippen molar-refractivity contribution in [3.05, 3.63) is 34.5 Å². The number of nitrogens with one attached hydrogen (secondary N) is 1. The Bertz CT molecular complexity index is 896. The number of benzene rings is 1. The Morgan fingerprint density at radius 2 is 2.12 bits per heavy atom. The van der Waals surface area contributed by atoms with Crippen molar-refractivity contribution in [2.45, 2.75) is 33.2 Å². The molecule has 26 heavy (non-hydrogen) atoms. The molecule has 1 aromatic heterocycles. The molecule has 2 heterocycles. The quantitative estimate of drug-likeness (QED) is 0.832. The molecule has 0 aliphatic carbocycles. The summed E-state index contributed by atoms with van der Waals surface area (Å²) in [6.45, 7) is 6.56. The minimum atomic E-state index is -2.97. The zero-order valence-corrected chi connectivity index (χ0v) is 16.6. The molecule has 0 radical (unpaired) electrons. The first kappa shape index (κ1) is 18.8. The van der Waals surface area contributed by atoms with Gasteiger partial charge in [-0.25, -0.2) is 8.42 Å². The molecule has 1 aromatic carbocycles. The molecular weight excluding hydrogens is 374 g/mol. The maximum absolute atomic E-state index is 11.8. The van der Waals surface area contributed by atoms with Gasteiger partial charge in [-0.05, 0) is 44.4 Å². The van der Waals surface area contributed by atoms with E-state index < -0.39 is 9.84 Å². The van der Waals surface area contributed by atoms with Gasteiger partial charge in [-0.1, -0.05) is 17.7 Å². The Morgan fingerprint density at radius 3 is 2.73 bits per heavy atom. The summed E-state index contributed by atoms with van der Waals surface area (Å²) in [5.74, 6) is 1.30. The van der Waals surface area contributed by atoms with Crippen LogP contribution in [-0.2, 0) is 9.84 Å². The summed E-state index contributed by atoms with van der Waals surface area (Å²) in [6.07, 6.45) is 2.16. The molecule has 0 saturated carbocycles. The highest BCUT2D eigenvalue weighted by atomic mass is 35.5. The van der Waals surface area contributed by atoms with E-state index in [0.29, 0.717) is 29.8 Å². The number of sulfone groups is 1. The van der Waals surface area contributed by atoms with Crippen LogP contribution in [-0.4, -0.2) is 47.7 Å². The third kappa shape index (κ3) is 4.07. The molecule has 0 bridgehead atoms. The second kappa shape index (κ2) is 7.36. The smallest absolute Gasteiger partial charge is 0.249 e. The van der Waals surface area contributed by atoms with Crippen molar-refractivity contribution in [2.24, 2.45) is 0 Å².